The van der Waals surface area contributed by atoms with Crippen LogP contribution >= 0.6 is 0 Å². The molecule has 2 aromatic heterocycles. The van der Waals surface area contributed by atoms with Gasteiger partial charge in [0, 0.05) is 30.8 Å². The number of rotatable bonds is 4. The summed E-state index contributed by atoms with van der Waals surface area (Å²) in [5.74, 6) is 0.000841. The molecule has 1 saturated heterocycles. The maximum atomic E-state index is 12.5. The van der Waals surface area contributed by atoms with Crippen LogP contribution in [0.25, 0.3) is 10.9 Å². The Kier molecular flexibility index (Phi) is 4.01. The number of carbonyl (C=O) groups excluding carboxylic acids is 1. The zero-order valence-corrected chi connectivity index (χ0v) is 14.3. The molecule has 0 bridgehead atoms. The summed E-state index contributed by atoms with van der Waals surface area (Å²) < 4.78 is 7.65. The highest BCUT2D eigenvalue weighted by molar-refractivity contribution is 5.83. The number of nitrogens with one attached hydrogen (secondary N) is 2. The summed E-state index contributed by atoms with van der Waals surface area (Å²) in [6.07, 6.45) is 4.76. The lowest BCUT2D eigenvalue weighted by Gasteiger charge is -2.19. The van der Waals surface area contributed by atoms with Crippen LogP contribution < -0.4 is 5.32 Å². The maximum Gasteiger partial charge on any atom is 0.224 e. The Balaban J connectivity index is 1.45. The summed E-state index contributed by atoms with van der Waals surface area (Å²) in [5.41, 5.74) is 3.89. The zero-order valence-electron chi connectivity index (χ0n) is 14.3. The van der Waals surface area contributed by atoms with Crippen LogP contribution in [0.4, 0.5) is 0 Å². The first-order valence-electron chi connectivity index (χ1n) is 8.43. The lowest BCUT2D eigenvalue weighted by molar-refractivity contribution is -0.121. The van der Waals surface area contributed by atoms with E-state index in [1.807, 2.05) is 38.4 Å². The average Bonchev–Trinajstić information content (AvgIpc) is 3.27. The molecule has 0 spiro atoms. The third-order valence-electron chi connectivity index (χ3n) is 4.67. The number of amides is 1. The van der Waals surface area contributed by atoms with Crippen molar-refractivity contribution in [1.29, 1.82) is 0 Å². The Morgan fingerprint density at radius 3 is 3.16 bits per heavy atom. The first kappa shape index (κ1) is 15.8. The van der Waals surface area contributed by atoms with Gasteiger partial charge in [-0.3, -0.25) is 14.6 Å². The van der Waals surface area contributed by atoms with Crippen molar-refractivity contribution >= 4 is 16.8 Å². The maximum absolute atomic E-state index is 12.5. The molecular weight excluding hydrogens is 318 g/mol. The Labute approximate surface area is 145 Å². The molecule has 7 nitrogen and oxygen atoms in total. The van der Waals surface area contributed by atoms with Crippen LogP contribution in [0.1, 0.15) is 29.3 Å². The number of nitrogens with zero attached hydrogens (tertiary/aromatic N) is 3. The Morgan fingerprint density at radius 1 is 1.48 bits per heavy atom. The summed E-state index contributed by atoms with van der Waals surface area (Å²) >= 11 is 0. The van der Waals surface area contributed by atoms with Crippen LogP contribution in [-0.2, 0) is 23.0 Å². The van der Waals surface area contributed by atoms with Crippen molar-refractivity contribution in [3.8, 4) is 0 Å². The quantitative estimate of drug-likeness (QED) is 0.759. The lowest BCUT2D eigenvalue weighted by Crippen LogP contribution is -2.37. The number of aryl methyl sites for hydroxylation is 2. The molecule has 2 atom stereocenters. The normalized spacial score (nSPS) is 20.2. The van der Waals surface area contributed by atoms with Gasteiger partial charge < -0.3 is 10.1 Å². The third kappa shape index (κ3) is 3.15. The largest absolute Gasteiger partial charge is 0.371 e. The molecule has 2 N–H and O–H groups in total. The molecule has 1 aliphatic heterocycles. The van der Waals surface area contributed by atoms with Crippen molar-refractivity contribution in [3.63, 3.8) is 0 Å². The van der Waals surface area contributed by atoms with E-state index in [-0.39, 0.29) is 18.1 Å². The lowest BCUT2D eigenvalue weighted by atomic mass is 10.0. The van der Waals surface area contributed by atoms with Crippen LogP contribution in [-0.4, -0.2) is 38.5 Å². The molecule has 7 heteroatoms. The van der Waals surface area contributed by atoms with Crippen LogP contribution in [0.3, 0.4) is 0 Å². The standard InChI is InChI=1S/C18H21N5O2/c1-11-14(10-23(2)22-11)18-15(5-6-25-18)20-17(24)8-12-3-4-13-9-19-21-16(13)7-12/h3-4,7,9-10,15,18H,5-6,8H2,1-2H3,(H,19,21)(H,20,24)/t15-,18+/m1/s1. The highest BCUT2D eigenvalue weighted by atomic mass is 16.5. The van der Waals surface area contributed by atoms with E-state index >= 15 is 0 Å². The van der Waals surface area contributed by atoms with Crippen LogP contribution in [0.2, 0.25) is 0 Å². The average molecular weight is 339 g/mol. The van der Waals surface area contributed by atoms with E-state index in [0.717, 1.165) is 34.1 Å². The van der Waals surface area contributed by atoms with E-state index in [4.69, 9.17) is 4.74 Å². The van der Waals surface area contributed by atoms with Gasteiger partial charge in [0.15, 0.2) is 0 Å². The molecule has 1 aromatic carbocycles. The number of ether oxygens (including phenoxy) is 1. The van der Waals surface area contributed by atoms with Gasteiger partial charge in [-0.2, -0.15) is 10.2 Å². The van der Waals surface area contributed by atoms with Crippen LogP contribution in [0.15, 0.2) is 30.6 Å². The fourth-order valence-corrected chi connectivity index (χ4v) is 3.48. The van der Waals surface area contributed by atoms with Gasteiger partial charge in [0.2, 0.25) is 5.91 Å². The molecule has 3 heterocycles. The molecule has 0 unspecified atom stereocenters. The number of benzene rings is 1. The molecular formula is C18H21N5O2. The minimum atomic E-state index is -0.132. The van der Waals surface area contributed by atoms with Gasteiger partial charge in [-0.15, -0.1) is 0 Å². The third-order valence-corrected chi connectivity index (χ3v) is 4.67. The van der Waals surface area contributed by atoms with E-state index in [1.165, 1.54) is 0 Å². The number of hydrogen-bond donors (Lipinski definition) is 2. The summed E-state index contributed by atoms with van der Waals surface area (Å²) in [6.45, 7) is 2.61. The van der Waals surface area contributed by atoms with Crippen molar-refractivity contribution < 1.29 is 9.53 Å². The molecule has 3 aromatic rings. The number of fused-ring (bicyclic) bond motifs is 1. The Hall–Kier alpha value is -2.67. The smallest absolute Gasteiger partial charge is 0.224 e. The van der Waals surface area contributed by atoms with Crippen molar-refractivity contribution in [1.82, 2.24) is 25.3 Å². The van der Waals surface area contributed by atoms with Gasteiger partial charge in [-0.25, -0.2) is 0 Å². The van der Waals surface area contributed by atoms with E-state index in [2.05, 4.69) is 20.6 Å². The first-order chi connectivity index (χ1) is 12.1. The fourth-order valence-electron chi connectivity index (χ4n) is 3.48. The van der Waals surface area contributed by atoms with Gasteiger partial charge in [-0.05, 0) is 25.0 Å². The Bertz CT molecular complexity index is 913. The predicted octanol–water partition coefficient (Wildman–Crippen LogP) is 1.79. The molecule has 0 aliphatic carbocycles. The van der Waals surface area contributed by atoms with E-state index in [9.17, 15) is 4.79 Å². The molecule has 130 valence electrons. The highest BCUT2D eigenvalue weighted by Gasteiger charge is 2.33. The summed E-state index contributed by atoms with van der Waals surface area (Å²) in [7, 11) is 1.89. The monoisotopic (exact) mass is 339 g/mol. The van der Waals surface area contributed by atoms with Crippen LogP contribution in [0.5, 0.6) is 0 Å². The second-order valence-electron chi connectivity index (χ2n) is 6.57. The van der Waals surface area contributed by atoms with E-state index in [0.29, 0.717) is 13.0 Å². The highest BCUT2D eigenvalue weighted by Crippen LogP contribution is 2.30. The van der Waals surface area contributed by atoms with Gasteiger partial charge in [0.25, 0.3) is 0 Å². The SMILES string of the molecule is Cc1nn(C)cc1[C@@H]1OCC[C@H]1NC(=O)Cc1ccc2cn[nH]c2c1. The van der Waals surface area contributed by atoms with Crippen molar-refractivity contribution in [2.75, 3.05) is 6.61 Å². The molecule has 1 fully saturated rings. The van der Waals surface area contributed by atoms with Gasteiger partial charge in [-0.1, -0.05) is 12.1 Å². The summed E-state index contributed by atoms with van der Waals surface area (Å²) in [4.78, 5) is 12.5. The summed E-state index contributed by atoms with van der Waals surface area (Å²) in [5, 5.41) is 15.5. The van der Waals surface area contributed by atoms with E-state index < -0.39 is 0 Å². The molecule has 0 radical (unpaired) electrons. The van der Waals surface area contributed by atoms with Crippen molar-refractivity contribution in [3.05, 3.63) is 47.4 Å². The minimum absolute atomic E-state index is 0.000841. The van der Waals surface area contributed by atoms with E-state index in [1.54, 1.807) is 10.9 Å². The number of aromatic nitrogens is 4. The van der Waals surface area contributed by atoms with Gasteiger partial charge in [0.1, 0.15) is 6.10 Å². The number of aromatic amines is 1. The Morgan fingerprint density at radius 2 is 2.36 bits per heavy atom. The van der Waals surface area contributed by atoms with Gasteiger partial charge >= 0.3 is 0 Å². The summed E-state index contributed by atoms with van der Waals surface area (Å²) in [6, 6.07) is 5.88. The second-order valence-corrected chi connectivity index (χ2v) is 6.57. The zero-order chi connectivity index (χ0) is 17.4. The first-order valence-corrected chi connectivity index (χ1v) is 8.43. The fraction of sp³-hybridized carbons (Fsp3) is 0.389. The molecule has 1 amide bonds. The molecule has 25 heavy (non-hydrogen) atoms. The van der Waals surface area contributed by atoms with Crippen LogP contribution in [0, 0.1) is 6.92 Å². The van der Waals surface area contributed by atoms with Crippen molar-refractivity contribution in [2.45, 2.75) is 31.9 Å². The molecule has 0 saturated carbocycles. The topological polar surface area (TPSA) is 84.8 Å². The van der Waals surface area contributed by atoms with Crippen molar-refractivity contribution in [2.24, 2.45) is 7.05 Å². The number of carbonyl (C=O) groups is 1. The second kappa shape index (κ2) is 6.33. The number of hydrogen-bond acceptors (Lipinski definition) is 4. The molecule has 4 rings (SSSR count). The van der Waals surface area contributed by atoms with Gasteiger partial charge in [0.05, 0.1) is 29.9 Å². The number of H-pyrrole nitrogens is 1. The predicted molar refractivity (Wildman–Crippen MR) is 93.0 cm³/mol. The molecule has 1 aliphatic rings. The minimum Gasteiger partial charge on any atom is -0.371 e.